The molecule has 2 aliphatic rings. The van der Waals surface area contributed by atoms with Crippen molar-refractivity contribution in [3.63, 3.8) is 0 Å². The van der Waals surface area contributed by atoms with Crippen molar-refractivity contribution in [3.05, 3.63) is 0 Å². The summed E-state index contributed by atoms with van der Waals surface area (Å²) in [7, 11) is 2.44. The Morgan fingerprint density at radius 2 is 1.92 bits per heavy atom. The van der Waals surface area contributed by atoms with E-state index in [1.54, 1.807) is 20.8 Å². The topological polar surface area (TPSA) is 108 Å². The van der Waals surface area contributed by atoms with Crippen molar-refractivity contribution in [1.82, 2.24) is 4.90 Å². The fourth-order valence-electron chi connectivity index (χ4n) is 3.42. The lowest BCUT2D eigenvalue weighted by Crippen LogP contribution is -2.67. The maximum Gasteiger partial charge on any atom is 0.418 e. The van der Waals surface area contributed by atoms with Crippen molar-refractivity contribution in [3.8, 4) is 0 Å². The molecular formula is C16H23NO8. The summed E-state index contributed by atoms with van der Waals surface area (Å²) in [4.78, 5) is 50.7. The van der Waals surface area contributed by atoms with E-state index < -0.39 is 46.9 Å². The second kappa shape index (κ2) is 6.06. The Morgan fingerprint density at radius 1 is 1.32 bits per heavy atom. The lowest BCUT2D eigenvalue weighted by atomic mass is 9.77. The van der Waals surface area contributed by atoms with Crippen molar-refractivity contribution in [2.75, 3.05) is 14.2 Å². The van der Waals surface area contributed by atoms with Gasteiger partial charge in [0.25, 0.3) is 0 Å². The van der Waals surface area contributed by atoms with Crippen LogP contribution in [0.3, 0.4) is 0 Å². The number of esters is 1. The van der Waals surface area contributed by atoms with Crippen molar-refractivity contribution >= 4 is 24.3 Å². The minimum Gasteiger partial charge on any atom is -0.467 e. The number of amides is 2. The third-order valence-corrected chi connectivity index (χ3v) is 4.60. The average molecular weight is 357 g/mol. The summed E-state index contributed by atoms with van der Waals surface area (Å²) in [6, 6.07) is 0. The highest BCUT2D eigenvalue weighted by molar-refractivity contribution is 6.13. The predicted molar refractivity (Wildman–Crippen MR) is 82.3 cm³/mol. The van der Waals surface area contributed by atoms with Crippen LogP contribution in [-0.4, -0.2) is 66.4 Å². The van der Waals surface area contributed by atoms with Crippen LogP contribution >= 0.6 is 0 Å². The summed E-state index contributed by atoms with van der Waals surface area (Å²) < 4.78 is 20.8. The van der Waals surface area contributed by atoms with Gasteiger partial charge in [-0.05, 0) is 27.7 Å². The molecule has 2 saturated heterocycles. The Balaban J connectivity index is 2.60. The first-order valence-electron chi connectivity index (χ1n) is 7.81. The van der Waals surface area contributed by atoms with Crippen LogP contribution in [0.25, 0.3) is 0 Å². The SMILES string of the molecule is COC(=O)[C@]1(C=O)N(C(=O)OC(C)(C)C)C(=O)C2C[C@@H](OC)O[C@@]21C. The molecule has 140 valence electrons. The number of nitrogens with zero attached hydrogens (tertiary/aromatic N) is 1. The minimum atomic E-state index is -2.29. The molecule has 2 amide bonds. The first-order valence-corrected chi connectivity index (χ1v) is 7.81. The van der Waals surface area contributed by atoms with E-state index in [2.05, 4.69) is 0 Å². The quantitative estimate of drug-likeness (QED) is 0.411. The number of imide groups is 1. The number of rotatable bonds is 3. The Bertz CT molecular complexity index is 612. The Labute approximate surface area is 145 Å². The Morgan fingerprint density at radius 3 is 2.36 bits per heavy atom. The van der Waals surface area contributed by atoms with Crippen LogP contribution in [0.15, 0.2) is 0 Å². The maximum absolute atomic E-state index is 12.9. The molecule has 0 aliphatic carbocycles. The van der Waals surface area contributed by atoms with Gasteiger partial charge in [0.15, 0.2) is 12.6 Å². The zero-order chi connectivity index (χ0) is 19.2. The number of methoxy groups -OCH3 is 2. The zero-order valence-electron chi connectivity index (χ0n) is 15.2. The third kappa shape index (κ3) is 2.62. The first kappa shape index (κ1) is 19.3. The molecule has 9 heteroatoms. The molecular weight excluding hydrogens is 334 g/mol. The van der Waals surface area contributed by atoms with Crippen LogP contribution < -0.4 is 0 Å². The van der Waals surface area contributed by atoms with Gasteiger partial charge < -0.3 is 18.9 Å². The summed E-state index contributed by atoms with van der Waals surface area (Å²) in [5, 5.41) is 0. The molecule has 0 aromatic rings. The standard InChI is InChI=1S/C16H23NO8/c1-14(2,3)25-13(21)17-11(19)9-7-10(22-5)24-15(9,4)16(17,8-18)12(20)23-6/h8-10H,7H2,1-6H3/t9?,10-,15-,16-/m0/s1. The van der Waals surface area contributed by atoms with E-state index in [9.17, 15) is 19.2 Å². The highest BCUT2D eigenvalue weighted by Crippen LogP contribution is 2.52. The molecule has 2 fully saturated rings. The number of ether oxygens (including phenoxy) is 4. The number of hydrogen-bond acceptors (Lipinski definition) is 8. The van der Waals surface area contributed by atoms with Gasteiger partial charge in [-0.2, -0.15) is 0 Å². The molecule has 0 saturated carbocycles. The summed E-state index contributed by atoms with van der Waals surface area (Å²) in [5.41, 5.74) is -4.85. The van der Waals surface area contributed by atoms with E-state index in [0.717, 1.165) is 7.11 Å². The highest BCUT2D eigenvalue weighted by atomic mass is 16.7. The number of carbonyl (C=O) groups excluding carboxylic acids is 4. The molecule has 0 spiro atoms. The molecule has 1 unspecified atom stereocenters. The van der Waals surface area contributed by atoms with Crippen LogP contribution in [0.1, 0.15) is 34.1 Å². The highest BCUT2D eigenvalue weighted by Gasteiger charge is 2.77. The van der Waals surface area contributed by atoms with Crippen LogP contribution in [0.4, 0.5) is 4.79 Å². The summed E-state index contributed by atoms with van der Waals surface area (Å²) in [6.45, 7) is 6.23. The molecule has 0 bridgehead atoms. The van der Waals surface area contributed by atoms with E-state index in [0.29, 0.717) is 4.90 Å². The first-order chi connectivity index (χ1) is 11.5. The number of likely N-dealkylation sites (tertiary alicyclic amines) is 1. The Hall–Kier alpha value is -2.00. The van der Waals surface area contributed by atoms with Crippen LogP contribution in [0.2, 0.25) is 0 Å². The van der Waals surface area contributed by atoms with E-state index in [1.807, 2.05) is 0 Å². The zero-order valence-corrected chi connectivity index (χ0v) is 15.2. The van der Waals surface area contributed by atoms with Crippen LogP contribution in [-0.2, 0) is 33.3 Å². The summed E-state index contributed by atoms with van der Waals surface area (Å²) in [6.07, 6.45) is -1.59. The lowest BCUT2D eigenvalue weighted by molar-refractivity contribution is -0.196. The van der Waals surface area contributed by atoms with Gasteiger partial charge in [-0.1, -0.05) is 0 Å². The van der Waals surface area contributed by atoms with Crippen molar-refractivity contribution < 1.29 is 38.1 Å². The molecule has 0 N–H and O–H groups in total. The van der Waals surface area contributed by atoms with E-state index >= 15 is 0 Å². The van der Waals surface area contributed by atoms with Crippen molar-refractivity contribution in [1.29, 1.82) is 0 Å². The van der Waals surface area contributed by atoms with Crippen molar-refractivity contribution in [2.45, 2.75) is 57.1 Å². The van der Waals surface area contributed by atoms with Crippen molar-refractivity contribution in [2.24, 2.45) is 5.92 Å². The summed E-state index contributed by atoms with van der Waals surface area (Å²) >= 11 is 0. The number of hydrogen-bond donors (Lipinski definition) is 0. The Kier molecular flexibility index (Phi) is 4.69. The average Bonchev–Trinajstić information content (AvgIpc) is 2.94. The third-order valence-electron chi connectivity index (χ3n) is 4.60. The van der Waals surface area contributed by atoms with E-state index in [1.165, 1.54) is 14.0 Å². The lowest BCUT2D eigenvalue weighted by Gasteiger charge is -2.39. The smallest absolute Gasteiger partial charge is 0.418 e. The van der Waals surface area contributed by atoms with Gasteiger partial charge in [-0.25, -0.2) is 14.5 Å². The molecule has 0 radical (unpaired) electrons. The van der Waals surface area contributed by atoms with E-state index in [4.69, 9.17) is 18.9 Å². The van der Waals surface area contributed by atoms with Gasteiger partial charge in [-0.15, -0.1) is 0 Å². The van der Waals surface area contributed by atoms with Gasteiger partial charge in [-0.3, -0.25) is 9.59 Å². The van der Waals surface area contributed by atoms with Crippen LogP contribution in [0.5, 0.6) is 0 Å². The fourth-order valence-corrected chi connectivity index (χ4v) is 3.42. The monoisotopic (exact) mass is 357 g/mol. The van der Waals surface area contributed by atoms with Gasteiger partial charge in [0.1, 0.15) is 11.2 Å². The van der Waals surface area contributed by atoms with E-state index in [-0.39, 0.29) is 12.7 Å². The van der Waals surface area contributed by atoms with Gasteiger partial charge in [0.05, 0.1) is 13.0 Å². The van der Waals surface area contributed by atoms with Gasteiger partial charge in [0, 0.05) is 13.5 Å². The number of aldehydes is 1. The molecule has 25 heavy (non-hydrogen) atoms. The molecule has 0 aromatic carbocycles. The maximum atomic E-state index is 12.9. The molecule has 2 heterocycles. The molecule has 2 aliphatic heterocycles. The molecule has 0 aromatic heterocycles. The summed E-state index contributed by atoms with van der Waals surface area (Å²) in [5.74, 6) is -2.76. The minimum absolute atomic E-state index is 0.0950. The second-order valence-electron chi connectivity index (χ2n) is 7.21. The second-order valence-corrected chi connectivity index (χ2v) is 7.21. The normalized spacial score (nSPS) is 34.6. The largest absolute Gasteiger partial charge is 0.467 e. The van der Waals surface area contributed by atoms with Crippen LogP contribution in [0, 0.1) is 5.92 Å². The molecule has 4 atom stereocenters. The van der Waals surface area contributed by atoms with Gasteiger partial charge >= 0.3 is 12.1 Å². The molecule has 2 rings (SSSR count). The fraction of sp³-hybridized carbons (Fsp3) is 0.750. The predicted octanol–water partition coefficient (Wildman–Crippen LogP) is 0.642. The number of carbonyl (C=O) groups is 4. The number of fused-ring (bicyclic) bond motifs is 1. The molecule has 9 nitrogen and oxygen atoms in total. The van der Waals surface area contributed by atoms with Gasteiger partial charge in [0.2, 0.25) is 11.4 Å².